The molecule has 2 aromatic carbocycles. The first-order valence-electron chi connectivity index (χ1n) is 8.72. The highest BCUT2D eigenvalue weighted by molar-refractivity contribution is 7.19. The number of aryl methyl sites for hydroxylation is 2. The number of nitrogens with one attached hydrogen (secondary N) is 1. The molecule has 4 nitrogen and oxygen atoms in total. The van der Waals surface area contributed by atoms with Crippen molar-refractivity contribution in [3.63, 3.8) is 0 Å². The Morgan fingerprint density at radius 2 is 1.67 bits per heavy atom. The van der Waals surface area contributed by atoms with Crippen LogP contribution in [-0.2, 0) is 0 Å². The SMILES string of the molecule is CC(=O)c1ccc(Nc2ncnc3sc(C)c(-c4ccc(C)cc4)c23)cc1. The largest absolute Gasteiger partial charge is 0.340 e. The summed E-state index contributed by atoms with van der Waals surface area (Å²) >= 11 is 1.67. The standard InChI is InChI=1S/C22H19N3OS/c1-13-4-6-17(7-5-13)19-15(3)27-22-20(19)21(23-12-24-22)25-18-10-8-16(9-11-18)14(2)26/h4-12H,1-3H3,(H,23,24,25). The van der Waals surface area contributed by atoms with Gasteiger partial charge in [-0.3, -0.25) is 4.79 Å². The van der Waals surface area contributed by atoms with E-state index in [0.717, 1.165) is 27.3 Å². The number of hydrogen-bond donors (Lipinski definition) is 1. The first-order chi connectivity index (χ1) is 13.0. The topological polar surface area (TPSA) is 54.9 Å². The molecule has 0 aliphatic heterocycles. The second kappa shape index (κ2) is 6.93. The van der Waals surface area contributed by atoms with Crippen molar-refractivity contribution in [1.29, 1.82) is 0 Å². The summed E-state index contributed by atoms with van der Waals surface area (Å²) in [6.07, 6.45) is 1.59. The fraction of sp³-hybridized carbons (Fsp3) is 0.136. The molecule has 0 bridgehead atoms. The fourth-order valence-electron chi connectivity index (χ4n) is 3.13. The molecule has 0 unspecified atom stereocenters. The molecule has 0 aliphatic carbocycles. The van der Waals surface area contributed by atoms with Crippen molar-refractivity contribution in [2.45, 2.75) is 20.8 Å². The van der Waals surface area contributed by atoms with Gasteiger partial charge in [0, 0.05) is 21.7 Å². The van der Waals surface area contributed by atoms with Crippen LogP contribution < -0.4 is 5.32 Å². The lowest BCUT2D eigenvalue weighted by Gasteiger charge is -2.09. The monoisotopic (exact) mass is 373 g/mol. The van der Waals surface area contributed by atoms with Gasteiger partial charge in [-0.05, 0) is 50.6 Å². The molecule has 4 aromatic rings. The molecule has 27 heavy (non-hydrogen) atoms. The zero-order valence-electron chi connectivity index (χ0n) is 15.4. The van der Waals surface area contributed by atoms with Crippen LogP contribution in [0.15, 0.2) is 54.9 Å². The average molecular weight is 373 g/mol. The lowest BCUT2D eigenvalue weighted by atomic mass is 10.0. The van der Waals surface area contributed by atoms with Crippen LogP contribution in [0.4, 0.5) is 11.5 Å². The second-order valence-electron chi connectivity index (χ2n) is 6.56. The molecule has 0 saturated carbocycles. The van der Waals surface area contributed by atoms with E-state index in [4.69, 9.17) is 0 Å². The molecule has 5 heteroatoms. The Morgan fingerprint density at radius 3 is 2.33 bits per heavy atom. The molecular weight excluding hydrogens is 354 g/mol. The van der Waals surface area contributed by atoms with E-state index in [1.165, 1.54) is 16.0 Å². The van der Waals surface area contributed by atoms with Crippen molar-refractivity contribution < 1.29 is 4.79 Å². The van der Waals surface area contributed by atoms with E-state index in [1.54, 1.807) is 24.6 Å². The van der Waals surface area contributed by atoms with Gasteiger partial charge >= 0.3 is 0 Å². The highest BCUT2D eigenvalue weighted by Gasteiger charge is 2.17. The lowest BCUT2D eigenvalue weighted by Crippen LogP contribution is -1.97. The summed E-state index contributed by atoms with van der Waals surface area (Å²) in [6, 6.07) is 16.0. The Morgan fingerprint density at radius 1 is 0.963 bits per heavy atom. The van der Waals surface area contributed by atoms with Crippen molar-refractivity contribution in [3.8, 4) is 11.1 Å². The molecule has 4 rings (SSSR count). The lowest BCUT2D eigenvalue weighted by molar-refractivity contribution is 0.101. The minimum Gasteiger partial charge on any atom is -0.340 e. The number of aromatic nitrogens is 2. The third-order valence-electron chi connectivity index (χ3n) is 4.56. The maximum absolute atomic E-state index is 11.5. The molecule has 0 spiro atoms. The van der Waals surface area contributed by atoms with Gasteiger partial charge in [0.15, 0.2) is 5.78 Å². The van der Waals surface area contributed by atoms with Crippen LogP contribution in [0, 0.1) is 13.8 Å². The number of hydrogen-bond acceptors (Lipinski definition) is 5. The Kier molecular flexibility index (Phi) is 4.46. The van der Waals surface area contributed by atoms with Crippen LogP contribution in [0.5, 0.6) is 0 Å². The van der Waals surface area contributed by atoms with E-state index in [9.17, 15) is 4.79 Å². The number of carbonyl (C=O) groups is 1. The Labute approximate surface area is 161 Å². The molecule has 134 valence electrons. The van der Waals surface area contributed by atoms with Crippen molar-refractivity contribution in [3.05, 3.63) is 70.9 Å². The van der Waals surface area contributed by atoms with Gasteiger partial charge in [0.25, 0.3) is 0 Å². The minimum absolute atomic E-state index is 0.0566. The molecule has 0 aliphatic rings. The van der Waals surface area contributed by atoms with Crippen LogP contribution in [-0.4, -0.2) is 15.8 Å². The predicted octanol–water partition coefficient (Wildman–Crippen LogP) is 5.92. The van der Waals surface area contributed by atoms with Crippen molar-refractivity contribution >= 4 is 38.8 Å². The van der Waals surface area contributed by atoms with Crippen LogP contribution in [0.1, 0.15) is 27.7 Å². The van der Waals surface area contributed by atoms with Gasteiger partial charge in [-0.25, -0.2) is 9.97 Å². The number of thiophene rings is 1. The Balaban J connectivity index is 1.81. The molecule has 2 aromatic heterocycles. The number of nitrogens with zero attached hydrogens (tertiary/aromatic N) is 2. The fourth-order valence-corrected chi connectivity index (χ4v) is 4.14. The summed E-state index contributed by atoms with van der Waals surface area (Å²) in [5.41, 5.74) is 5.14. The molecule has 2 heterocycles. The summed E-state index contributed by atoms with van der Waals surface area (Å²) < 4.78 is 0. The molecule has 0 amide bonds. The average Bonchev–Trinajstić information content (AvgIpc) is 3.00. The van der Waals surface area contributed by atoms with E-state index in [0.29, 0.717) is 5.56 Å². The number of ketones is 1. The molecule has 0 saturated heterocycles. The van der Waals surface area contributed by atoms with Gasteiger partial charge in [0.1, 0.15) is 17.0 Å². The first kappa shape index (κ1) is 17.4. The number of rotatable bonds is 4. The zero-order valence-corrected chi connectivity index (χ0v) is 16.2. The third-order valence-corrected chi connectivity index (χ3v) is 5.57. The maximum Gasteiger partial charge on any atom is 0.159 e. The zero-order chi connectivity index (χ0) is 19.0. The van der Waals surface area contributed by atoms with Crippen LogP contribution in [0.3, 0.4) is 0 Å². The van der Waals surface area contributed by atoms with E-state index in [1.807, 2.05) is 24.3 Å². The van der Waals surface area contributed by atoms with Crippen molar-refractivity contribution in [2.75, 3.05) is 5.32 Å². The summed E-state index contributed by atoms with van der Waals surface area (Å²) in [4.78, 5) is 22.6. The summed E-state index contributed by atoms with van der Waals surface area (Å²) in [7, 11) is 0. The van der Waals surface area contributed by atoms with Gasteiger partial charge in [-0.2, -0.15) is 0 Å². The second-order valence-corrected chi connectivity index (χ2v) is 7.76. The molecule has 0 fully saturated rings. The highest BCUT2D eigenvalue weighted by Crippen LogP contribution is 2.41. The summed E-state index contributed by atoms with van der Waals surface area (Å²) in [5, 5.41) is 4.42. The summed E-state index contributed by atoms with van der Waals surface area (Å²) in [5.74, 6) is 0.830. The highest BCUT2D eigenvalue weighted by atomic mass is 32.1. The van der Waals surface area contributed by atoms with Crippen molar-refractivity contribution in [2.24, 2.45) is 0 Å². The van der Waals surface area contributed by atoms with Crippen molar-refractivity contribution in [1.82, 2.24) is 9.97 Å². The van der Waals surface area contributed by atoms with Crippen LogP contribution in [0.25, 0.3) is 21.3 Å². The van der Waals surface area contributed by atoms with E-state index in [2.05, 4.69) is 53.4 Å². The third kappa shape index (κ3) is 3.34. The molecule has 1 N–H and O–H groups in total. The van der Waals surface area contributed by atoms with Gasteiger partial charge in [-0.1, -0.05) is 29.8 Å². The molecular formula is C22H19N3OS. The van der Waals surface area contributed by atoms with Gasteiger partial charge in [0.2, 0.25) is 0 Å². The van der Waals surface area contributed by atoms with Crippen LogP contribution in [0.2, 0.25) is 0 Å². The number of carbonyl (C=O) groups excluding carboxylic acids is 1. The molecule has 0 atom stereocenters. The quantitative estimate of drug-likeness (QED) is 0.451. The van der Waals surface area contributed by atoms with Gasteiger partial charge in [0.05, 0.1) is 5.39 Å². The van der Waals surface area contributed by atoms with Crippen LogP contribution >= 0.6 is 11.3 Å². The predicted molar refractivity (Wildman–Crippen MR) is 112 cm³/mol. The van der Waals surface area contributed by atoms with E-state index in [-0.39, 0.29) is 5.78 Å². The van der Waals surface area contributed by atoms with Gasteiger partial charge in [-0.15, -0.1) is 11.3 Å². The first-order valence-corrected chi connectivity index (χ1v) is 9.54. The van der Waals surface area contributed by atoms with E-state index < -0.39 is 0 Å². The maximum atomic E-state index is 11.5. The number of benzene rings is 2. The Hall–Kier alpha value is -3.05. The number of Topliss-reactive ketones (excluding diaryl/α,β-unsaturated/α-hetero) is 1. The molecule has 0 radical (unpaired) electrons. The van der Waals surface area contributed by atoms with Gasteiger partial charge < -0.3 is 5.32 Å². The Bertz CT molecular complexity index is 1130. The normalized spacial score (nSPS) is 10.9. The number of anilines is 2. The van der Waals surface area contributed by atoms with E-state index >= 15 is 0 Å². The number of fused-ring (bicyclic) bond motifs is 1. The minimum atomic E-state index is 0.0566. The smallest absolute Gasteiger partial charge is 0.159 e. The summed E-state index contributed by atoms with van der Waals surface area (Å²) in [6.45, 7) is 5.77.